The van der Waals surface area contributed by atoms with E-state index in [9.17, 15) is 15.0 Å². The van der Waals surface area contributed by atoms with Crippen LogP contribution >= 0.6 is 23.4 Å². The molecule has 1 aliphatic rings. The van der Waals surface area contributed by atoms with Crippen LogP contribution in [-0.4, -0.2) is 35.4 Å². The molecule has 2 aromatic rings. The number of ether oxygens (including phenoxy) is 2. The summed E-state index contributed by atoms with van der Waals surface area (Å²) in [5.74, 6) is -0.650. The molecular formula is C20H16ClNO5S. The van der Waals surface area contributed by atoms with Crippen molar-refractivity contribution in [2.24, 2.45) is 4.99 Å². The number of hydrogen-bond acceptors (Lipinski definition) is 7. The van der Waals surface area contributed by atoms with E-state index in [1.807, 2.05) is 0 Å². The zero-order valence-corrected chi connectivity index (χ0v) is 16.5. The van der Waals surface area contributed by atoms with Gasteiger partial charge in [0.1, 0.15) is 16.4 Å². The van der Waals surface area contributed by atoms with Gasteiger partial charge in [-0.25, -0.2) is 9.79 Å². The van der Waals surface area contributed by atoms with E-state index in [-0.39, 0.29) is 22.1 Å². The Hall–Kier alpha value is -2.90. The smallest absolute Gasteiger partial charge is 0.344 e. The van der Waals surface area contributed by atoms with Crippen LogP contribution in [0.15, 0.2) is 63.7 Å². The molecule has 144 valence electrons. The molecule has 6 nitrogen and oxygen atoms in total. The maximum Gasteiger partial charge on any atom is 0.344 e. The fourth-order valence-electron chi connectivity index (χ4n) is 2.50. The third-order valence-electron chi connectivity index (χ3n) is 3.82. The largest absolute Gasteiger partial charge is 0.506 e. The van der Waals surface area contributed by atoms with Crippen LogP contribution in [0.4, 0.5) is 5.69 Å². The summed E-state index contributed by atoms with van der Waals surface area (Å²) in [4.78, 5) is 17.0. The van der Waals surface area contributed by atoms with Crippen molar-refractivity contribution in [3.8, 4) is 11.5 Å². The average molecular weight is 418 g/mol. The third-order valence-corrected chi connectivity index (χ3v) is 5.07. The molecule has 2 N–H and O–H groups in total. The number of aliphatic hydroxyl groups is 1. The van der Waals surface area contributed by atoms with Crippen LogP contribution in [0, 0.1) is 0 Å². The number of rotatable bonds is 4. The van der Waals surface area contributed by atoms with Crippen LogP contribution in [0.25, 0.3) is 6.08 Å². The summed E-state index contributed by atoms with van der Waals surface area (Å²) in [6.07, 6.45) is 1.63. The first-order valence-corrected chi connectivity index (χ1v) is 9.25. The number of thioether (sulfide) groups is 1. The molecule has 0 amide bonds. The van der Waals surface area contributed by atoms with E-state index in [4.69, 9.17) is 21.1 Å². The van der Waals surface area contributed by atoms with Gasteiger partial charge in [-0.2, -0.15) is 0 Å². The second kappa shape index (κ2) is 8.41. The summed E-state index contributed by atoms with van der Waals surface area (Å²) in [7, 11) is 2.68. The first-order chi connectivity index (χ1) is 13.4. The summed E-state index contributed by atoms with van der Waals surface area (Å²) in [6, 6.07) is 11.6. The molecular weight excluding hydrogens is 402 g/mol. The van der Waals surface area contributed by atoms with Gasteiger partial charge in [-0.1, -0.05) is 35.5 Å². The van der Waals surface area contributed by atoms with Gasteiger partial charge in [-0.3, -0.25) is 0 Å². The number of phenolic OH excluding ortho intramolecular Hbond substituents is 1. The Balaban J connectivity index is 2.04. The van der Waals surface area contributed by atoms with Gasteiger partial charge in [0.25, 0.3) is 0 Å². The van der Waals surface area contributed by atoms with Crippen molar-refractivity contribution in [1.82, 2.24) is 0 Å². The van der Waals surface area contributed by atoms with Crippen LogP contribution in [0.3, 0.4) is 0 Å². The summed E-state index contributed by atoms with van der Waals surface area (Å²) in [6.45, 7) is 0. The number of carbonyl (C=O) groups excluding carboxylic acids is 1. The third kappa shape index (κ3) is 4.16. The summed E-state index contributed by atoms with van der Waals surface area (Å²) < 4.78 is 9.80. The fraction of sp³-hybridized carbons (Fsp3) is 0.100. The monoisotopic (exact) mass is 417 g/mol. The summed E-state index contributed by atoms with van der Waals surface area (Å²) in [5, 5.41) is 21.3. The molecule has 0 bridgehead atoms. The molecule has 0 aromatic heterocycles. The van der Waals surface area contributed by atoms with Gasteiger partial charge in [0.15, 0.2) is 11.5 Å². The molecule has 3 rings (SSSR count). The highest BCUT2D eigenvalue weighted by molar-refractivity contribution is 8.18. The van der Waals surface area contributed by atoms with Crippen LogP contribution < -0.4 is 4.74 Å². The minimum atomic E-state index is -0.702. The molecule has 0 unspecified atom stereocenters. The quantitative estimate of drug-likeness (QED) is 0.691. The van der Waals surface area contributed by atoms with Crippen molar-refractivity contribution in [2.75, 3.05) is 14.2 Å². The highest BCUT2D eigenvalue weighted by Gasteiger charge is 2.33. The van der Waals surface area contributed by atoms with E-state index >= 15 is 0 Å². The van der Waals surface area contributed by atoms with E-state index in [0.717, 1.165) is 11.8 Å². The maximum atomic E-state index is 12.2. The Labute approximate surface area is 170 Å². The fourth-order valence-corrected chi connectivity index (χ4v) is 3.72. The topological polar surface area (TPSA) is 88.4 Å². The number of phenols is 1. The highest BCUT2D eigenvalue weighted by Crippen LogP contribution is 2.41. The Kier molecular flexibility index (Phi) is 5.96. The Morgan fingerprint density at radius 2 is 1.96 bits per heavy atom. The van der Waals surface area contributed by atoms with E-state index in [1.165, 1.54) is 20.3 Å². The van der Waals surface area contributed by atoms with Gasteiger partial charge in [-0.15, -0.1) is 0 Å². The number of carbonyl (C=O) groups is 1. The molecule has 0 fully saturated rings. The van der Waals surface area contributed by atoms with Crippen LogP contribution in [0.1, 0.15) is 5.56 Å². The minimum Gasteiger partial charge on any atom is -0.506 e. The Morgan fingerprint density at radius 3 is 2.61 bits per heavy atom. The molecule has 0 saturated heterocycles. The number of aromatic hydroxyl groups is 1. The zero-order valence-electron chi connectivity index (χ0n) is 15.0. The van der Waals surface area contributed by atoms with Gasteiger partial charge in [-0.05, 0) is 42.0 Å². The lowest BCUT2D eigenvalue weighted by Crippen LogP contribution is -2.10. The van der Waals surface area contributed by atoms with Crippen molar-refractivity contribution in [3.05, 3.63) is 69.3 Å². The van der Waals surface area contributed by atoms with Crippen LogP contribution in [-0.2, 0) is 9.53 Å². The molecule has 0 atom stereocenters. The first-order valence-electron chi connectivity index (χ1n) is 8.06. The Morgan fingerprint density at radius 1 is 1.18 bits per heavy atom. The number of aliphatic imine (C=N–C) groups is 1. The van der Waals surface area contributed by atoms with Crippen molar-refractivity contribution in [2.45, 2.75) is 0 Å². The lowest BCUT2D eigenvalue weighted by molar-refractivity contribution is -0.135. The van der Waals surface area contributed by atoms with Gasteiger partial charge in [0.05, 0.1) is 24.8 Å². The normalized spacial score (nSPS) is 16.7. The number of esters is 1. The molecule has 8 heteroatoms. The summed E-state index contributed by atoms with van der Waals surface area (Å²) in [5.41, 5.74) is 1.12. The zero-order chi connectivity index (χ0) is 20.3. The average Bonchev–Trinajstić information content (AvgIpc) is 2.96. The molecule has 0 radical (unpaired) electrons. The molecule has 0 saturated carbocycles. The van der Waals surface area contributed by atoms with Gasteiger partial charge in [0.2, 0.25) is 0 Å². The predicted octanol–water partition coefficient (Wildman–Crippen LogP) is 4.86. The standard InChI is InChI=1S/C20H16ClNO5S/c1-26-15-7-6-11(8-14(15)23)9-16-18(24)17(20(25)27-2)19(28-16)22-13-5-3-4-12(21)10-13/h3-10,23-24H,1-2H3. The van der Waals surface area contributed by atoms with E-state index in [1.54, 1.807) is 42.5 Å². The number of methoxy groups -OCH3 is 2. The Bertz CT molecular complexity index is 1030. The number of halogens is 1. The molecule has 1 aliphatic heterocycles. The molecule has 0 aliphatic carbocycles. The van der Waals surface area contributed by atoms with Crippen molar-refractivity contribution in [3.63, 3.8) is 0 Å². The molecule has 28 heavy (non-hydrogen) atoms. The van der Waals surface area contributed by atoms with Crippen LogP contribution in [0.5, 0.6) is 11.5 Å². The number of hydrogen-bond donors (Lipinski definition) is 2. The van der Waals surface area contributed by atoms with Crippen molar-refractivity contribution in [1.29, 1.82) is 0 Å². The molecule has 0 spiro atoms. The van der Waals surface area contributed by atoms with Gasteiger partial charge < -0.3 is 19.7 Å². The number of nitrogens with zero attached hydrogens (tertiary/aromatic N) is 1. The molecule has 2 aromatic carbocycles. The van der Waals surface area contributed by atoms with E-state index in [2.05, 4.69) is 4.99 Å². The SMILES string of the molecule is COC(=O)C1=C(O)C(=Cc2ccc(OC)c(O)c2)SC1=Nc1cccc(Cl)c1. The van der Waals surface area contributed by atoms with Crippen LogP contribution in [0.2, 0.25) is 5.02 Å². The van der Waals surface area contributed by atoms with E-state index in [0.29, 0.717) is 26.9 Å². The second-order valence-corrected chi connectivity index (χ2v) is 7.12. The second-order valence-electron chi connectivity index (χ2n) is 5.65. The minimum absolute atomic E-state index is 0.0311. The predicted molar refractivity (Wildman–Crippen MR) is 110 cm³/mol. The van der Waals surface area contributed by atoms with Gasteiger partial charge in [0, 0.05) is 5.02 Å². The number of aliphatic hydroxyl groups excluding tert-OH is 1. The van der Waals surface area contributed by atoms with E-state index < -0.39 is 5.97 Å². The van der Waals surface area contributed by atoms with Crippen molar-refractivity contribution >= 4 is 46.1 Å². The number of benzene rings is 2. The first kappa shape index (κ1) is 19.9. The highest BCUT2D eigenvalue weighted by atomic mass is 35.5. The van der Waals surface area contributed by atoms with Crippen molar-refractivity contribution < 1.29 is 24.5 Å². The summed E-state index contributed by atoms with van der Waals surface area (Å²) >= 11 is 7.10. The van der Waals surface area contributed by atoms with Gasteiger partial charge >= 0.3 is 5.97 Å². The maximum absolute atomic E-state index is 12.2. The lowest BCUT2D eigenvalue weighted by Gasteiger charge is -2.04. The molecule has 1 heterocycles. The lowest BCUT2D eigenvalue weighted by atomic mass is 10.1.